The Morgan fingerprint density at radius 2 is 1.42 bits per heavy atom. The highest BCUT2D eigenvalue weighted by molar-refractivity contribution is 6.69. The molecule has 0 bridgehead atoms. The number of hydrogen-bond acceptors (Lipinski definition) is 6. The van der Waals surface area contributed by atoms with Gasteiger partial charge in [0.2, 0.25) is 0 Å². The van der Waals surface area contributed by atoms with E-state index in [9.17, 15) is 0 Å². The predicted octanol–water partition coefficient (Wildman–Crippen LogP) is 3.34. The van der Waals surface area contributed by atoms with Gasteiger partial charge in [0.1, 0.15) is 18.3 Å². The number of rotatable bonds is 9. The van der Waals surface area contributed by atoms with Gasteiger partial charge in [-0.2, -0.15) is 0 Å². The molecule has 5 atom stereocenters. The van der Waals surface area contributed by atoms with Crippen molar-refractivity contribution in [2.45, 2.75) is 103 Å². The molecular weight excluding hydrogens is 350 g/mol. The van der Waals surface area contributed by atoms with Crippen LogP contribution in [0.5, 0.6) is 0 Å². The molecule has 0 saturated carbocycles. The van der Waals surface area contributed by atoms with E-state index >= 15 is 0 Å². The average Bonchev–Trinajstić information content (AvgIpc) is 3.13. The van der Waals surface area contributed by atoms with Crippen LogP contribution < -0.4 is 0 Å². The smallest absolute Gasteiger partial charge is 0.415 e. The lowest BCUT2D eigenvalue weighted by Gasteiger charge is -2.39. The standard InChI is InChI=1S/C17H34B2O6Si/c1-6-8-10-18-22-13(12-20-26(3,4)5)14-15(23-18)16-17(21-14)25-19(24-16)11-9-7-2/h13-17H,6-12H2,1-5H3. The minimum absolute atomic E-state index is 0.130. The van der Waals surface area contributed by atoms with Gasteiger partial charge < -0.3 is 27.8 Å². The van der Waals surface area contributed by atoms with Crippen molar-refractivity contribution in [3.8, 4) is 0 Å². The molecule has 0 radical (unpaired) electrons. The molecule has 0 spiro atoms. The molecule has 3 aliphatic rings. The molecule has 0 aliphatic carbocycles. The molecule has 3 saturated heterocycles. The summed E-state index contributed by atoms with van der Waals surface area (Å²) in [5.74, 6) is 0. The summed E-state index contributed by atoms with van der Waals surface area (Å²) in [4.78, 5) is 0. The van der Waals surface area contributed by atoms with Crippen molar-refractivity contribution in [3.63, 3.8) is 0 Å². The lowest BCUT2D eigenvalue weighted by Crippen LogP contribution is -2.55. The third-order valence-corrected chi connectivity index (χ3v) is 6.10. The van der Waals surface area contributed by atoms with E-state index < -0.39 is 8.32 Å². The second kappa shape index (κ2) is 9.07. The number of hydrogen-bond donors (Lipinski definition) is 0. The van der Waals surface area contributed by atoms with Gasteiger partial charge in [-0.1, -0.05) is 39.5 Å². The topological polar surface area (TPSA) is 55.4 Å². The van der Waals surface area contributed by atoms with Crippen molar-refractivity contribution in [2.75, 3.05) is 6.61 Å². The van der Waals surface area contributed by atoms with Gasteiger partial charge in [-0.15, -0.1) is 0 Å². The summed E-state index contributed by atoms with van der Waals surface area (Å²) >= 11 is 0. The van der Waals surface area contributed by atoms with Gasteiger partial charge in [-0.25, -0.2) is 0 Å². The lowest BCUT2D eigenvalue weighted by atomic mass is 9.78. The third kappa shape index (κ3) is 5.13. The maximum Gasteiger partial charge on any atom is 0.459 e. The Balaban J connectivity index is 1.64. The fourth-order valence-corrected chi connectivity index (χ4v) is 4.34. The van der Waals surface area contributed by atoms with E-state index in [1.807, 2.05) is 0 Å². The van der Waals surface area contributed by atoms with Crippen LogP contribution in [0.25, 0.3) is 0 Å². The molecule has 3 rings (SSSR count). The van der Waals surface area contributed by atoms with E-state index in [-0.39, 0.29) is 44.9 Å². The van der Waals surface area contributed by atoms with Crippen molar-refractivity contribution in [1.29, 1.82) is 0 Å². The van der Waals surface area contributed by atoms with E-state index in [1.54, 1.807) is 0 Å². The van der Waals surface area contributed by atoms with Crippen LogP contribution in [0.3, 0.4) is 0 Å². The second-order valence-corrected chi connectivity index (χ2v) is 13.1. The van der Waals surface area contributed by atoms with E-state index in [0.717, 1.165) is 38.3 Å². The van der Waals surface area contributed by atoms with Crippen LogP contribution in [-0.2, 0) is 27.8 Å². The Kier molecular flexibility index (Phi) is 7.27. The zero-order valence-corrected chi connectivity index (χ0v) is 17.9. The third-order valence-electron chi connectivity index (χ3n) is 5.07. The molecule has 26 heavy (non-hydrogen) atoms. The van der Waals surface area contributed by atoms with Gasteiger partial charge in [-0.05, 0) is 32.3 Å². The Hall–Kier alpha value is 0.107. The number of unbranched alkanes of at least 4 members (excludes halogenated alkanes) is 2. The molecule has 0 aromatic rings. The Labute approximate surface area is 160 Å². The highest BCUT2D eigenvalue weighted by atomic mass is 28.4. The van der Waals surface area contributed by atoms with Crippen LogP contribution in [0.2, 0.25) is 32.3 Å². The minimum atomic E-state index is -1.63. The lowest BCUT2D eigenvalue weighted by molar-refractivity contribution is -0.138. The van der Waals surface area contributed by atoms with Crippen LogP contribution >= 0.6 is 0 Å². The summed E-state index contributed by atoms with van der Waals surface area (Å²) in [5.41, 5.74) is 0. The number of ether oxygens (including phenoxy) is 1. The molecule has 148 valence electrons. The van der Waals surface area contributed by atoms with Crippen molar-refractivity contribution >= 4 is 22.6 Å². The Morgan fingerprint density at radius 1 is 0.808 bits per heavy atom. The van der Waals surface area contributed by atoms with Crippen LogP contribution in [0.4, 0.5) is 0 Å². The van der Waals surface area contributed by atoms with E-state index in [2.05, 4.69) is 33.5 Å². The van der Waals surface area contributed by atoms with Crippen LogP contribution in [0.15, 0.2) is 0 Å². The normalized spacial score (nSPS) is 34.3. The molecule has 5 unspecified atom stereocenters. The maximum absolute atomic E-state index is 6.24. The molecule has 3 heterocycles. The van der Waals surface area contributed by atoms with Gasteiger partial charge in [0, 0.05) is 0 Å². The first-order valence-corrected chi connectivity index (χ1v) is 13.7. The second-order valence-electron chi connectivity index (χ2n) is 8.55. The van der Waals surface area contributed by atoms with Gasteiger partial charge in [-0.3, -0.25) is 0 Å². The summed E-state index contributed by atoms with van der Waals surface area (Å²) in [5, 5.41) is 0. The maximum atomic E-state index is 6.24. The molecular formula is C17H34B2O6Si. The van der Waals surface area contributed by atoms with Gasteiger partial charge in [0.15, 0.2) is 14.6 Å². The quantitative estimate of drug-likeness (QED) is 0.569. The van der Waals surface area contributed by atoms with Gasteiger partial charge >= 0.3 is 14.2 Å². The highest BCUT2D eigenvalue weighted by Crippen LogP contribution is 2.39. The SMILES string of the molecule is CCCCB1OC2OC3C(CO[Si](C)(C)C)OB(CCCC)OC3C2O1. The van der Waals surface area contributed by atoms with Crippen molar-refractivity contribution < 1.29 is 27.8 Å². The Bertz CT molecular complexity index is 451. The van der Waals surface area contributed by atoms with Crippen molar-refractivity contribution in [3.05, 3.63) is 0 Å². The highest BCUT2D eigenvalue weighted by Gasteiger charge is 2.59. The fourth-order valence-electron chi connectivity index (χ4n) is 3.67. The Morgan fingerprint density at radius 3 is 2.04 bits per heavy atom. The van der Waals surface area contributed by atoms with Gasteiger partial charge in [0.25, 0.3) is 0 Å². The van der Waals surface area contributed by atoms with Crippen LogP contribution in [0.1, 0.15) is 39.5 Å². The van der Waals surface area contributed by atoms with Gasteiger partial charge in [0.05, 0.1) is 12.7 Å². The fraction of sp³-hybridized carbons (Fsp3) is 1.00. The molecule has 9 heteroatoms. The molecule has 0 N–H and O–H groups in total. The van der Waals surface area contributed by atoms with Crippen LogP contribution in [-0.4, -0.2) is 59.9 Å². The zero-order chi connectivity index (χ0) is 18.7. The monoisotopic (exact) mass is 384 g/mol. The van der Waals surface area contributed by atoms with E-state index in [0.29, 0.717) is 6.61 Å². The summed E-state index contributed by atoms with van der Waals surface area (Å²) in [7, 11) is -2.02. The minimum Gasteiger partial charge on any atom is -0.415 e. The first-order chi connectivity index (χ1) is 12.4. The number of fused-ring (bicyclic) bond motifs is 3. The largest absolute Gasteiger partial charge is 0.459 e. The molecule has 0 aromatic carbocycles. The molecule has 0 amide bonds. The van der Waals surface area contributed by atoms with Crippen molar-refractivity contribution in [2.24, 2.45) is 0 Å². The van der Waals surface area contributed by atoms with Crippen molar-refractivity contribution in [1.82, 2.24) is 0 Å². The van der Waals surface area contributed by atoms with Crippen LogP contribution in [0, 0.1) is 0 Å². The molecule has 3 aliphatic heterocycles. The summed E-state index contributed by atoms with van der Waals surface area (Å²) < 4.78 is 36.9. The first-order valence-electron chi connectivity index (χ1n) is 10.3. The molecule has 3 fully saturated rings. The summed E-state index contributed by atoms with van der Waals surface area (Å²) in [6.45, 7) is 11.5. The van der Waals surface area contributed by atoms with E-state index in [4.69, 9.17) is 27.8 Å². The van der Waals surface area contributed by atoms with E-state index in [1.165, 1.54) is 0 Å². The predicted molar refractivity (Wildman–Crippen MR) is 105 cm³/mol. The summed E-state index contributed by atoms with van der Waals surface area (Å²) in [6, 6.07) is 0. The first kappa shape index (κ1) is 20.8. The molecule has 0 aromatic heterocycles. The summed E-state index contributed by atoms with van der Waals surface area (Å²) in [6.07, 6.45) is 5.24. The molecule has 6 nitrogen and oxygen atoms in total. The zero-order valence-electron chi connectivity index (χ0n) is 16.9. The average molecular weight is 384 g/mol.